The third-order valence-electron chi connectivity index (χ3n) is 4.05. The molecule has 0 saturated heterocycles. The number of fused-ring (bicyclic) bond motifs is 2. The molecule has 1 aromatic carbocycles. The fourth-order valence-electron chi connectivity index (χ4n) is 2.88. The van der Waals surface area contributed by atoms with Crippen LogP contribution in [0.2, 0.25) is 0 Å². The van der Waals surface area contributed by atoms with Crippen LogP contribution in [0.15, 0.2) is 42.6 Å². The molecule has 3 aromatic heterocycles. The molecule has 1 N–H and O–H groups in total. The second-order valence-corrected chi connectivity index (χ2v) is 6.74. The van der Waals surface area contributed by atoms with Gasteiger partial charge in [0.15, 0.2) is 11.5 Å². The topological polar surface area (TPSA) is 68.5 Å². The van der Waals surface area contributed by atoms with Crippen LogP contribution in [0.5, 0.6) is 0 Å². The quantitative estimate of drug-likeness (QED) is 0.586. The van der Waals surface area contributed by atoms with Gasteiger partial charge in [0.1, 0.15) is 5.82 Å². The zero-order valence-corrected chi connectivity index (χ0v) is 14.7. The Balaban J connectivity index is 1.64. The van der Waals surface area contributed by atoms with Crippen molar-refractivity contribution in [2.45, 2.75) is 13.2 Å². The monoisotopic (exact) mass is 370 g/mol. The van der Waals surface area contributed by atoms with Gasteiger partial charge in [-0.25, -0.2) is 4.39 Å². The number of pyridine rings is 1. The molecule has 1 amide bonds. The normalized spacial score (nSPS) is 11.3. The van der Waals surface area contributed by atoms with E-state index in [1.165, 1.54) is 24.5 Å². The molecule has 26 heavy (non-hydrogen) atoms. The van der Waals surface area contributed by atoms with Gasteiger partial charge in [0, 0.05) is 29.0 Å². The summed E-state index contributed by atoms with van der Waals surface area (Å²) in [6, 6.07) is 10.4. The Bertz CT molecular complexity index is 1110. The summed E-state index contributed by atoms with van der Waals surface area (Å²) >= 11 is 1.25. The summed E-state index contributed by atoms with van der Waals surface area (Å²) in [6.45, 7) is 0.380. The van der Waals surface area contributed by atoms with Crippen LogP contribution < -0.4 is 5.32 Å². The van der Waals surface area contributed by atoms with Crippen LogP contribution in [-0.2, 0) is 17.9 Å². The lowest BCUT2D eigenvalue weighted by Gasteiger charge is -2.06. The summed E-state index contributed by atoms with van der Waals surface area (Å²) in [6.07, 6.45) is 1.84. The third-order valence-corrected chi connectivity index (χ3v) is 5.25. The lowest BCUT2D eigenvalue weighted by molar-refractivity contribution is 0.0949. The summed E-state index contributed by atoms with van der Waals surface area (Å²) in [4.78, 5) is 13.2. The number of carbonyl (C=O) groups excluding carboxylic acids is 1. The molecule has 0 bridgehead atoms. The van der Waals surface area contributed by atoms with Crippen molar-refractivity contribution in [3.05, 3.63) is 64.7 Å². The number of hydrogen-bond acceptors (Lipinski definition) is 5. The van der Waals surface area contributed by atoms with Gasteiger partial charge < -0.3 is 10.1 Å². The highest BCUT2D eigenvalue weighted by Gasteiger charge is 2.21. The van der Waals surface area contributed by atoms with Gasteiger partial charge in [-0.2, -0.15) is 0 Å². The lowest BCUT2D eigenvalue weighted by atomic mass is 10.1. The van der Waals surface area contributed by atoms with E-state index in [-0.39, 0.29) is 24.9 Å². The number of nitrogens with zero attached hydrogens (tertiary/aromatic N) is 3. The summed E-state index contributed by atoms with van der Waals surface area (Å²) in [5.74, 6) is -0.0202. The maximum atomic E-state index is 14.2. The molecule has 0 fully saturated rings. The molecule has 132 valence electrons. The Kier molecular flexibility index (Phi) is 4.36. The number of benzene rings is 1. The van der Waals surface area contributed by atoms with Crippen molar-refractivity contribution in [2.75, 3.05) is 7.11 Å². The van der Waals surface area contributed by atoms with Crippen LogP contribution in [0.1, 0.15) is 21.1 Å². The predicted octanol–water partition coefficient (Wildman–Crippen LogP) is 3.16. The first-order valence-electron chi connectivity index (χ1n) is 7.94. The maximum Gasteiger partial charge on any atom is 0.262 e. The highest BCUT2D eigenvalue weighted by Crippen LogP contribution is 2.33. The number of amides is 1. The summed E-state index contributed by atoms with van der Waals surface area (Å²) in [5, 5.41) is 11.4. The Morgan fingerprint density at radius 2 is 2.15 bits per heavy atom. The van der Waals surface area contributed by atoms with Gasteiger partial charge in [0.25, 0.3) is 5.91 Å². The van der Waals surface area contributed by atoms with Gasteiger partial charge in [0.05, 0.1) is 18.0 Å². The zero-order valence-electron chi connectivity index (χ0n) is 13.9. The number of ether oxygens (including phenoxy) is 1. The van der Waals surface area contributed by atoms with E-state index in [2.05, 4.69) is 15.5 Å². The van der Waals surface area contributed by atoms with E-state index in [1.807, 2.05) is 24.4 Å². The molecule has 0 aliphatic carbocycles. The Labute approximate surface area is 152 Å². The van der Waals surface area contributed by atoms with Gasteiger partial charge in [-0.05, 0) is 24.3 Å². The first kappa shape index (κ1) is 16.6. The van der Waals surface area contributed by atoms with Crippen LogP contribution in [-0.4, -0.2) is 27.6 Å². The van der Waals surface area contributed by atoms with Crippen molar-refractivity contribution in [2.24, 2.45) is 0 Å². The smallest absolute Gasteiger partial charge is 0.262 e. The van der Waals surface area contributed by atoms with Crippen LogP contribution in [0.3, 0.4) is 0 Å². The summed E-state index contributed by atoms with van der Waals surface area (Å²) < 4.78 is 21.9. The first-order valence-corrected chi connectivity index (χ1v) is 8.76. The fraction of sp³-hybridized carbons (Fsp3) is 0.167. The molecule has 0 atom stereocenters. The molecule has 0 spiro atoms. The largest absolute Gasteiger partial charge is 0.380 e. The van der Waals surface area contributed by atoms with Crippen LogP contribution in [0, 0.1) is 5.82 Å². The van der Waals surface area contributed by atoms with E-state index < -0.39 is 0 Å². The van der Waals surface area contributed by atoms with Crippen LogP contribution in [0.25, 0.3) is 15.7 Å². The SMILES string of the molecule is COCc1c(C(=O)NCc2nnc3ccccn23)sc2cccc(F)c12. The Morgan fingerprint density at radius 3 is 3.00 bits per heavy atom. The maximum absolute atomic E-state index is 14.2. The number of halogens is 1. The molecule has 0 radical (unpaired) electrons. The number of aromatic nitrogens is 3. The average Bonchev–Trinajstić information content (AvgIpc) is 3.23. The highest BCUT2D eigenvalue weighted by molar-refractivity contribution is 7.21. The van der Waals surface area contributed by atoms with E-state index >= 15 is 0 Å². The van der Waals surface area contributed by atoms with Gasteiger partial charge in [-0.15, -0.1) is 21.5 Å². The zero-order chi connectivity index (χ0) is 18.1. The number of methoxy groups -OCH3 is 1. The van der Waals surface area contributed by atoms with Crippen molar-refractivity contribution in [1.82, 2.24) is 19.9 Å². The molecule has 3 heterocycles. The van der Waals surface area contributed by atoms with E-state index in [0.29, 0.717) is 27.3 Å². The van der Waals surface area contributed by atoms with Crippen LogP contribution in [0.4, 0.5) is 4.39 Å². The predicted molar refractivity (Wildman–Crippen MR) is 96.7 cm³/mol. The molecule has 0 aliphatic heterocycles. The Morgan fingerprint density at radius 1 is 1.27 bits per heavy atom. The molecule has 0 unspecified atom stereocenters. The first-order chi connectivity index (χ1) is 12.7. The minimum Gasteiger partial charge on any atom is -0.380 e. The molecule has 8 heteroatoms. The Hall–Kier alpha value is -2.84. The van der Waals surface area contributed by atoms with Gasteiger partial charge >= 0.3 is 0 Å². The van der Waals surface area contributed by atoms with Crippen molar-refractivity contribution in [1.29, 1.82) is 0 Å². The minimum absolute atomic E-state index is 0.164. The molecule has 4 aromatic rings. The summed E-state index contributed by atoms with van der Waals surface area (Å²) in [7, 11) is 1.52. The van der Waals surface area contributed by atoms with Gasteiger partial charge in [0.2, 0.25) is 0 Å². The van der Waals surface area contributed by atoms with Crippen molar-refractivity contribution >= 4 is 33.0 Å². The van der Waals surface area contributed by atoms with Gasteiger partial charge in [-0.1, -0.05) is 12.1 Å². The third kappa shape index (κ3) is 2.83. The standard InChI is InChI=1S/C18H15FN4O2S/c1-25-10-11-16-12(19)5-4-6-13(16)26-17(11)18(24)20-9-15-22-21-14-7-2-3-8-23(14)15/h2-8H,9-10H2,1H3,(H,20,24). The van der Waals surface area contributed by atoms with Crippen molar-refractivity contribution in [3.8, 4) is 0 Å². The van der Waals surface area contributed by atoms with Crippen molar-refractivity contribution < 1.29 is 13.9 Å². The van der Waals surface area contributed by atoms with Crippen LogP contribution >= 0.6 is 11.3 Å². The molecule has 6 nitrogen and oxygen atoms in total. The summed E-state index contributed by atoms with van der Waals surface area (Å²) in [5.41, 5.74) is 1.27. The molecular formula is C18H15FN4O2S. The van der Waals surface area contributed by atoms with Gasteiger partial charge in [-0.3, -0.25) is 9.20 Å². The second-order valence-electron chi connectivity index (χ2n) is 5.68. The molecule has 0 saturated carbocycles. The average molecular weight is 370 g/mol. The van der Waals surface area contributed by atoms with E-state index in [4.69, 9.17) is 4.74 Å². The number of thiophene rings is 1. The van der Waals surface area contributed by atoms with E-state index in [1.54, 1.807) is 16.5 Å². The van der Waals surface area contributed by atoms with Crippen molar-refractivity contribution in [3.63, 3.8) is 0 Å². The van der Waals surface area contributed by atoms with E-state index in [9.17, 15) is 9.18 Å². The second kappa shape index (κ2) is 6.81. The molecule has 0 aliphatic rings. The number of carbonyl (C=O) groups is 1. The fourth-order valence-corrected chi connectivity index (χ4v) is 4.02. The van der Waals surface area contributed by atoms with E-state index in [0.717, 1.165) is 4.70 Å². The highest BCUT2D eigenvalue weighted by atomic mass is 32.1. The molecule has 4 rings (SSSR count). The molecular weight excluding hydrogens is 355 g/mol. The lowest BCUT2D eigenvalue weighted by Crippen LogP contribution is -2.24. The number of nitrogens with one attached hydrogen (secondary N) is 1. The minimum atomic E-state index is -0.353. The number of rotatable bonds is 5. The number of hydrogen-bond donors (Lipinski definition) is 1.